The predicted octanol–water partition coefficient (Wildman–Crippen LogP) is 5.21. The van der Waals surface area contributed by atoms with Gasteiger partial charge in [0.1, 0.15) is 5.82 Å². The highest BCUT2D eigenvalue weighted by Crippen LogP contribution is 2.24. The predicted molar refractivity (Wildman–Crippen MR) is 114 cm³/mol. The first-order chi connectivity index (χ1) is 13.5. The number of benzene rings is 1. The highest BCUT2D eigenvalue weighted by molar-refractivity contribution is 9.09. The summed E-state index contributed by atoms with van der Waals surface area (Å²) < 4.78 is 18.0. The molecule has 2 rings (SSSR count). The standard InChI is InChI=1S/C22H24BrFN2O2/c1-4-20(9-12-23)26(14-11-17-5-7-19(24)8-6-17)16(2)21-15-18(10-13-25-21)22(27)28-3/h4-8,10,13,15H,2,9,11-12,14H2,1,3H3/b20-4-. The molecule has 0 atom stereocenters. The van der Waals surface area contributed by atoms with Crippen molar-refractivity contribution in [2.45, 2.75) is 19.8 Å². The summed E-state index contributed by atoms with van der Waals surface area (Å²) >= 11 is 3.49. The monoisotopic (exact) mass is 446 g/mol. The number of hydrogen-bond acceptors (Lipinski definition) is 4. The summed E-state index contributed by atoms with van der Waals surface area (Å²) in [5.74, 6) is -0.664. The highest BCUT2D eigenvalue weighted by Gasteiger charge is 2.17. The van der Waals surface area contributed by atoms with Gasteiger partial charge in [0, 0.05) is 23.8 Å². The molecule has 28 heavy (non-hydrogen) atoms. The summed E-state index contributed by atoms with van der Waals surface area (Å²) in [4.78, 5) is 18.3. The minimum absolute atomic E-state index is 0.248. The number of rotatable bonds is 9. The van der Waals surface area contributed by atoms with Gasteiger partial charge in [-0.15, -0.1) is 0 Å². The molecule has 0 aliphatic rings. The van der Waals surface area contributed by atoms with Gasteiger partial charge < -0.3 is 9.64 Å². The summed E-state index contributed by atoms with van der Waals surface area (Å²) in [6.07, 6.45) is 5.15. The molecule has 0 spiro atoms. The zero-order valence-electron chi connectivity index (χ0n) is 16.1. The quantitative estimate of drug-likeness (QED) is 0.391. The van der Waals surface area contributed by atoms with Crippen LogP contribution in [0.1, 0.15) is 35.0 Å². The van der Waals surface area contributed by atoms with E-state index in [1.54, 1.807) is 30.5 Å². The fourth-order valence-corrected chi connectivity index (χ4v) is 3.25. The van der Waals surface area contributed by atoms with E-state index in [0.29, 0.717) is 23.5 Å². The van der Waals surface area contributed by atoms with E-state index in [4.69, 9.17) is 4.74 Å². The number of alkyl halides is 1. The molecule has 0 radical (unpaired) electrons. The normalized spacial score (nSPS) is 11.2. The molecule has 2 aromatic rings. The number of ether oxygens (including phenoxy) is 1. The van der Waals surface area contributed by atoms with Crippen molar-refractivity contribution in [3.8, 4) is 0 Å². The first-order valence-electron chi connectivity index (χ1n) is 8.97. The Morgan fingerprint density at radius 2 is 2.04 bits per heavy atom. The maximum Gasteiger partial charge on any atom is 0.337 e. The summed E-state index contributed by atoms with van der Waals surface area (Å²) in [7, 11) is 1.35. The van der Waals surface area contributed by atoms with Crippen LogP contribution in [-0.4, -0.2) is 34.8 Å². The summed E-state index contributed by atoms with van der Waals surface area (Å²) in [6.45, 7) is 6.86. The Morgan fingerprint density at radius 3 is 2.64 bits per heavy atom. The minimum Gasteiger partial charge on any atom is -0.465 e. The van der Waals surface area contributed by atoms with Crippen molar-refractivity contribution < 1.29 is 13.9 Å². The van der Waals surface area contributed by atoms with E-state index < -0.39 is 5.97 Å². The number of carbonyl (C=O) groups excluding carboxylic acids is 1. The number of esters is 1. The van der Waals surface area contributed by atoms with Crippen LogP contribution in [0.4, 0.5) is 4.39 Å². The third-order valence-corrected chi connectivity index (χ3v) is 4.77. The minimum atomic E-state index is -0.416. The van der Waals surface area contributed by atoms with Crippen molar-refractivity contribution >= 4 is 27.6 Å². The molecule has 0 fully saturated rings. The van der Waals surface area contributed by atoms with Gasteiger partial charge in [-0.05, 0) is 49.6 Å². The van der Waals surface area contributed by atoms with Gasteiger partial charge in [0.25, 0.3) is 0 Å². The molecule has 6 heteroatoms. The largest absolute Gasteiger partial charge is 0.465 e. The SMILES string of the molecule is C=C(c1cc(C(=O)OC)ccn1)N(CCc1ccc(F)cc1)/C(=C\C)CCBr. The number of pyridine rings is 1. The zero-order valence-corrected chi connectivity index (χ0v) is 17.7. The second-order valence-electron chi connectivity index (χ2n) is 6.12. The van der Waals surface area contributed by atoms with Crippen molar-refractivity contribution in [1.82, 2.24) is 9.88 Å². The van der Waals surface area contributed by atoms with E-state index >= 15 is 0 Å². The third kappa shape index (κ3) is 5.76. The first kappa shape index (κ1) is 21.8. The van der Waals surface area contributed by atoms with Crippen LogP contribution in [0.25, 0.3) is 5.70 Å². The van der Waals surface area contributed by atoms with Crippen LogP contribution in [0.2, 0.25) is 0 Å². The molecule has 0 saturated carbocycles. The molecular weight excluding hydrogens is 423 g/mol. The molecule has 4 nitrogen and oxygen atoms in total. The lowest BCUT2D eigenvalue weighted by Crippen LogP contribution is -2.25. The van der Waals surface area contributed by atoms with Gasteiger partial charge in [-0.25, -0.2) is 9.18 Å². The average molecular weight is 447 g/mol. The fraction of sp³-hybridized carbons (Fsp3) is 0.273. The van der Waals surface area contributed by atoms with E-state index in [9.17, 15) is 9.18 Å². The van der Waals surface area contributed by atoms with Crippen LogP contribution < -0.4 is 0 Å². The van der Waals surface area contributed by atoms with E-state index in [1.807, 2.05) is 13.0 Å². The molecule has 0 N–H and O–H groups in total. The molecule has 0 aliphatic heterocycles. The van der Waals surface area contributed by atoms with Gasteiger partial charge in [-0.1, -0.05) is 40.7 Å². The first-order valence-corrected chi connectivity index (χ1v) is 10.1. The molecule has 148 valence electrons. The fourth-order valence-electron chi connectivity index (χ4n) is 2.85. The lowest BCUT2D eigenvalue weighted by molar-refractivity contribution is 0.0600. The smallest absolute Gasteiger partial charge is 0.337 e. The topological polar surface area (TPSA) is 42.4 Å². The second kappa shape index (κ2) is 10.8. The number of halogens is 2. The third-order valence-electron chi connectivity index (χ3n) is 4.37. The molecule has 0 aliphatic carbocycles. The van der Waals surface area contributed by atoms with Crippen LogP contribution in [0.3, 0.4) is 0 Å². The van der Waals surface area contributed by atoms with E-state index in [0.717, 1.165) is 29.4 Å². The molecule has 0 saturated heterocycles. The highest BCUT2D eigenvalue weighted by atomic mass is 79.9. The molecule has 0 unspecified atom stereocenters. The van der Waals surface area contributed by atoms with Crippen molar-refractivity contribution in [1.29, 1.82) is 0 Å². The number of methoxy groups -OCH3 is 1. The molecule has 1 aromatic carbocycles. The van der Waals surface area contributed by atoms with Crippen molar-refractivity contribution in [3.63, 3.8) is 0 Å². The van der Waals surface area contributed by atoms with Gasteiger partial charge in [0.2, 0.25) is 0 Å². The molecule has 0 bridgehead atoms. The Kier molecular flexibility index (Phi) is 8.39. The Balaban J connectivity index is 2.28. The van der Waals surface area contributed by atoms with Crippen LogP contribution in [0.5, 0.6) is 0 Å². The van der Waals surface area contributed by atoms with Gasteiger partial charge in [0.05, 0.1) is 24.1 Å². The summed E-state index contributed by atoms with van der Waals surface area (Å²) in [5.41, 5.74) is 3.85. The average Bonchev–Trinajstić information content (AvgIpc) is 2.73. The van der Waals surface area contributed by atoms with E-state index in [1.165, 1.54) is 19.2 Å². The number of carbonyl (C=O) groups is 1. The Labute approximate surface area is 173 Å². The number of aromatic nitrogens is 1. The number of hydrogen-bond donors (Lipinski definition) is 0. The lowest BCUT2D eigenvalue weighted by atomic mass is 10.1. The Bertz CT molecular complexity index is 850. The molecule has 1 heterocycles. The Morgan fingerprint density at radius 1 is 1.32 bits per heavy atom. The van der Waals surface area contributed by atoms with Crippen LogP contribution >= 0.6 is 15.9 Å². The van der Waals surface area contributed by atoms with E-state index in [2.05, 4.69) is 32.4 Å². The number of nitrogens with zero attached hydrogens (tertiary/aromatic N) is 2. The summed E-state index contributed by atoms with van der Waals surface area (Å²) in [6, 6.07) is 9.79. The molecular formula is C22H24BrFN2O2. The molecule has 1 aromatic heterocycles. The van der Waals surface area contributed by atoms with Crippen molar-refractivity contribution in [2.24, 2.45) is 0 Å². The van der Waals surface area contributed by atoms with Gasteiger partial charge in [-0.2, -0.15) is 0 Å². The van der Waals surface area contributed by atoms with Crippen molar-refractivity contribution in [2.75, 3.05) is 19.0 Å². The zero-order chi connectivity index (χ0) is 20.5. The lowest BCUT2D eigenvalue weighted by Gasteiger charge is -2.29. The Hall–Kier alpha value is -2.47. The van der Waals surface area contributed by atoms with Crippen molar-refractivity contribution in [3.05, 3.63) is 83.6 Å². The van der Waals surface area contributed by atoms with Gasteiger partial charge >= 0.3 is 5.97 Å². The molecule has 0 amide bonds. The second-order valence-corrected chi connectivity index (χ2v) is 6.91. The maximum atomic E-state index is 13.2. The van der Waals surface area contributed by atoms with Crippen LogP contribution in [0, 0.1) is 5.82 Å². The van der Waals surface area contributed by atoms with Crippen LogP contribution in [-0.2, 0) is 11.2 Å². The van der Waals surface area contributed by atoms with Gasteiger partial charge in [0.15, 0.2) is 0 Å². The number of allylic oxidation sites excluding steroid dienone is 2. The van der Waals surface area contributed by atoms with Gasteiger partial charge in [-0.3, -0.25) is 4.98 Å². The maximum absolute atomic E-state index is 13.2. The van der Waals surface area contributed by atoms with Crippen LogP contribution in [0.15, 0.2) is 60.9 Å². The van der Waals surface area contributed by atoms with E-state index in [-0.39, 0.29) is 5.82 Å². The summed E-state index contributed by atoms with van der Waals surface area (Å²) in [5, 5.41) is 0.808.